The van der Waals surface area contributed by atoms with E-state index in [9.17, 15) is 4.39 Å². The number of fused-ring (bicyclic) bond motifs is 1. The van der Waals surface area contributed by atoms with E-state index >= 15 is 0 Å². The molecular formula is C22H19BFN3S. The van der Waals surface area contributed by atoms with Crippen LogP contribution >= 0.6 is 11.9 Å². The van der Waals surface area contributed by atoms with Crippen molar-refractivity contribution in [3.8, 4) is 11.1 Å². The summed E-state index contributed by atoms with van der Waals surface area (Å²) in [6, 6.07) is 19.6. The van der Waals surface area contributed by atoms with Gasteiger partial charge in [-0.25, -0.2) is 9.37 Å². The lowest BCUT2D eigenvalue weighted by atomic mass is 9.93. The van der Waals surface area contributed by atoms with Crippen LogP contribution in [0.2, 0.25) is 0 Å². The van der Waals surface area contributed by atoms with Crippen LogP contribution in [0.4, 0.5) is 4.39 Å². The van der Waals surface area contributed by atoms with E-state index in [1.165, 1.54) is 16.5 Å². The number of halogens is 1. The third-order valence-corrected chi connectivity index (χ3v) is 5.31. The van der Waals surface area contributed by atoms with Crippen molar-refractivity contribution in [3.63, 3.8) is 0 Å². The summed E-state index contributed by atoms with van der Waals surface area (Å²) in [5, 5.41) is 0. The van der Waals surface area contributed by atoms with Gasteiger partial charge in [0.1, 0.15) is 19.5 Å². The zero-order chi connectivity index (χ0) is 19.5. The minimum absolute atomic E-state index is 0.190. The maximum Gasteiger partial charge on any atom is 0.143 e. The molecule has 138 valence electrons. The fourth-order valence-corrected chi connectivity index (χ4v) is 3.79. The molecule has 1 aromatic heterocycles. The number of hydrogen-bond acceptors (Lipinski definition) is 3. The molecule has 0 fully saturated rings. The minimum Gasteiger partial charge on any atom is -0.338 e. The number of nitrogens with one attached hydrogen (secondary N) is 2. The van der Waals surface area contributed by atoms with Gasteiger partial charge in [0.25, 0.3) is 0 Å². The first-order chi connectivity index (χ1) is 13.6. The van der Waals surface area contributed by atoms with Crippen molar-refractivity contribution in [1.29, 1.82) is 0 Å². The second-order valence-corrected chi connectivity index (χ2v) is 7.55. The minimum atomic E-state index is -0.190. The molecule has 0 amide bonds. The molecule has 3 nitrogen and oxygen atoms in total. The highest BCUT2D eigenvalue weighted by Gasteiger charge is 2.08. The van der Waals surface area contributed by atoms with Crippen molar-refractivity contribution in [3.05, 3.63) is 77.9 Å². The SMILES string of the molecule is Bc1cc(/C=C/c2nc3cc(-c4ccccc4SNC)ccc3[nH]2)ccc1F. The number of benzene rings is 3. The van der Waals surface area contributed by atoms with E-state index in [2.05, 4.69) is 40.0 Å². The van der Waals surface area contributed by atoms with Crippen molar-refractivity contribution in [2.75, 3.05) is 7.05 Å². The molecule has 0 spiro atoms. The molecule has 0 bridgehead atoms. The summed E-state index contributed by atoms with van der Waals surface area (Å²) in [6.07, 6.45) is 3.85. The van der Waals surface area contributed by atoms with Gasteiger partial charge in [-0.2, -0.15) is 0 Å². The summed E-state index contributed by atoms with van der Waals surface area (Å²) in [5.74, 6) is 0.581. The number of imidazole rings is 1. The summed E-state index contributed by atoms with van der Waals surface area (Å²) in [5.41, 5.74) is 5.77. The average molecular weight is 387 g/mol. The molecule has 3 aromatic carbocycles. The van der Waals surface area contributed by atoms with E-state index in [4.69, 9.17) is 4.98 Å². The number of nitrogens with zero attached hydrogens (tertiary/aromatic N) is 1. The Labute approximate surface area is 168 Å². The van der Waals surface area contributed by atoms with Crippen LogP contribution in [0, 0.1) is 5.82 Å². The van der Waals surface area contributed by atoms with E-state index < -0.39 is 0 Å². The van der Waals surface area contributed by atoms with Gasteiger partial charge in [-0.1, -0.05) is 47.9 Å². The van der Waals surface area contributed by atoms with Crippen LogP contribution in [-0.2, 0) is 0 Å². The fourth-order valence-electron chi connectivity index (χ4n) is 3.12. The highest BCUT2D eigenvalue weighted by Crippen LogP contribution is 2.31. The molecule has 0 unspecified atom stereocenters. The summed E-state index contributed by atoms with van der Waals surface area (Å²) in [7, 11) is 3.68. The maximum absolute atomic E-state index is 13.4. The fraction of sp³-hybridized carbons (Fsp3) is 0.0455. The van der Waals surface area contributed by atoms with Gasteiger partial charge in [-0.15, -0.1) is 0 Å². The van der Waals surface area contributed by atoms with E-state index in [1.807, 2.05) is 37.4 Å². The van der Waals surface area contributed by atoms with Gasteiger partial charge >= 0.3 is 0 Å². The summed E-state index contributed by atoms with van der Waals surface area (Å²) >= 11 is 1.60. The van der Waals surface area contributed by atoms with E-state index in [-0.39, 0.29) is 5.82 Å². The molecule has 0 aliphatic rings. The third kappa shape index (κ3) is 3.88. The van der Waals surface area contributed by atoms with Gasteiger partial charge in [-0.05, 0) is 66.0 Å². The van der Waals surface area contributed by atoms with Crippen LogP contribution in [-0.4, -0.2) is 24.9 Å². The Morgan fingerprint density at radius 1 is 1.07 bits per heavy atom. The third-order valence-electron chi connectivity index (χ3n) is 4.53. The van der Waals surface area contributed by atoms with Gasteiger partial charge in [0.2, 0.25) is 0 Å². The van der Waals surface area contributed by atoms with Crippen molar-refractivity contribution in [2.45, 2.75) is 4.90 Å². The molecule has 0 atom stereocenters. The molecule has 6 heteroatoms. The average Bonchev–Trinajstić information content (AvgIpc) is 3.12. The predicted molar refractivity (Wildman–Crippen MR) is 120 cm³/mol. The second kappa shape index (κ2) is 8.04. The summed E-state index contributed by atoms with van der Waals surface area (Å²) < 4.78 is 16.5. The molecule has 4 rings (SSSR count). The normalized spacial score (nSPS) is 11.5. The zero-order valence-electron chi connectivity index (χ0n) is 15.7. The standard InChI is InChI=1S/C22H19BFN3S/c1-25-28-21-5-3-2-4-16(21)15-8-10-19-20(13-15)27-22(26-19)11-7-14-6-9-18(24)17(23)12-14/h2-13,25H,23H2,1H3,(H,26,27)/b11-7+. The lowest BCUT2D eigenvalue weighted by molar-refractivity contribution is 0.636. The molecule has 2 N–H and O–H groups in total. The molecular weight excluding hydrogens is 368 g/mol. The second-order valence-electron chi connectivity index (χ2n) is 6.50. The van der Waals surface area contributed by atoms with E-state index in [0.717, 1.165) is 28.0 Å². The van der Waals surface area contributed by atoms with Gasteiger partial charge in [-0.3, -0.25) is 4.72 Å². The van der Waals surface area contributed by atoms with Crippen molar-refractivity contribution in [2.24, 2.45) is 0 Å². The summed E-state index contributed by atoms with van der Waals surface area (Å²) in [4.78, 5) is 9.18. The van der Waals surface area contributed by atoms with Gasteiger partial charge in [0.05, 0.1) is 11.0 Å². The van der Waals surface area contributed by atoms with Crippen LogP contribution in [0.15, 0.2) is 65.6 Å². The van der Waals surface area contributed by atoms with Crippen LogP contribution in [0.5, 0.6) is 0 Å². The van der Waals surface area contributed by atoms with Crippen molar-refractivity contribution < 1.29 is 4.39 Å². The van der Waals surface area contributed by atoms with Gasteiger partial charge in [0.15, 0.2) is 0 Å². The van der Waals surface area contributed by atoms with E-state index in [0.29, 0.717) is 5.46 Å². The Hall–Kier alpha value is -2.83. The Balaban J connectivity index is 1.65. The smallest absolute Gasteiger partial charge is 0.143 e. The predicted octanol–water partition coefficient (Wildman–Crippen LogP) is 4.02. The lowest BCUT2D eigenvalue weighted by Gasteiger charge is -2.08. The Bertz CT molecular complexity index is 1170. The number of hydrogen-bond donors (Lipinski definition) is 2. The maximum atomic E-state index is 13.4. The lowest BCUT2D eigenvalue weighted by Crippen LogP contribution is -2.07. The molecule has 28 heavy (non-hydrogen) atoms. The highest BCUT2D eigenvalue weighted by atomic mass is 32.2. The van der Waals surface area contributed by atoms with Crippen molar-refractivity contribution >= 4 is 48.4 Å². The monoisotopic (exact) mass is 387 g/mol. The Morgan fingerprint density at radius 3 is 2.75 bits per heavy atom. The van der Waals surface area contributed by atoms with Crippen LogP contribution in [0.1, 0.15) is 11.4 Å². The Morgan fingerprint density at radius 2 is 1.93 bits per heavy atom. The highest BCUT2D eigenvalue weighted by molar-refractivity contribution is 7.97. The number of H-pyrrole nitrogens is 1. The molecule has 0 radical (unpaired) electrons. The van der Waals surface area contributed by atoms with Crippen LogP contribution < -0.4 is 10.2 Å². The molecule has 0 saturated carbocycles. The molecule has 1 heterocycles. The molecule has 0 aliphatic heterocycles. The number of aromatic nitrogens is 2. The quantitative estimate of drug-likeness (QED) is 0.401. The largest absolute Gasteiger partial charge is 0.338 e. The van der Waals surface area contributed by atoms with Crippen LogP contribution in [0.3, 0.4) is 0 Å². The first-order valence-corrected chi connectivity index (χ1v) is 9.83. The van der Waals surface area contributed by atoms with E-state index in [1.54, 1.807) is 25.9 Å². The zero-order valence-corrected chi connectivity index (χ0v) is 16.5. The summed E-state index contributed by atoms with van der Waals surface area (Å²) in [6.45, 7) is 0. The molecule has 4 aromatic rings. The van der Waals surface area contributed by atoms with Gasteiger partial charge in [0, 0.05) is 4.90 Å². The number of aromatic amines is 1. The topological polar surface area (TPSA) is 40.7 Å². The van der Waals surface area contributed by atoms with Crippen molar-refractivity contribution in [1.82, 2.24) is 14.7 Å². The molecule has 0 saturated heterocycles. The first-order valence-electron chi connectivity index (χ1n) is 9.01. The molecule has 0 aliphatic carbocycles. The van der Waals surface area contributed by atoms with Gasteiger partial charge < -0.3 is 4.98 Å². The first kappa shape index (κ1) is 18.5. The number of rotatable bonds is 5. The Kier molecular flexibility index (Phi) is 5.32. The van der Waals surface area contributed by atoms with Crippen LogP contribution in [0.25, 0.3) is 34.3 Å².